The van der Waals surface area contributed by atoms with E-state index in [4.69, 9.17) is 14.1 Å². The lowest BCUT2D eigenvalue weighted by molar-refractivity contribution is 0.192. The molecule has 0 aliphatic heterocycles. The number of furan rings is 1. The van der Waals surface area contributed by atoms with Crippen LogP contribution in [0.3, 0.4) is 0 Å². The molecule has 2 heterocycles. The third-order valence-electron chi connectivity index (χ3n) is 3.68. The van der Waals surface area contributed by atoms with Crippen molar-refractivity contribution in [2.45, 2.75) is 32.6 Å². The smallest absolute Gasteiger partial charge is 0.175 e. The average molecular weight is 284 g/mol. The van der Waals surface area contributed by atoms with Gasteiger partial charge in [-0.05, 0) is 31.9 Å². The Hall–Kier alpha value is -1.94. The van der Waals surface area contributed by atoms with Crippen molar-refractivity contribution >= 4 is 22.1 Å². The van der Waals surface area contributed by atoms with E-state index in [-0.39, 0.29) is 0 Å². The molecule has 4 heteroatoms. The van der Waals surface area contributed by atoms with Gasteiger partial charge in [-0.25, -0.2) is 9.97 Å². The lowest BCUT2D eigenvalue weighted by Crippen LogP contribution is -1.98. The van der Waals surface area contributed by atoms with Gasteiger partial charge in [0.25, 0.3) is 0 Å². The Kier molecular flexibility index (Phi) is 4.15. The highest BCUT2D eigenvalue weighted by Crippen LogP contribution is 2.28. The highest BCUT2D eigenvalue weighted by atomic mass is 16.5. The molecule has 3 aromatic rings. The predicted octanol–water partition coefficient (Wildman–Crippen LogP) is 4.04. The average Bonchev–Trinajstić information content (AvgIpc) is 2.87. The highest BCUT2D eigenvalue weighted by molar-refractivity contribution is 6.02. The Morgan fingerprint density at radius 3 is 2.81 bits per heavy atom. The van der Waals surface area contributed by atoms with Gasteiger partial charge in [-0.3, -0.25) is 0 Å². The summed E-state index contributed by atoms with van der Waals surface area (Å²) in [7, 11) is 1.74. The Morgan fingerprint density at radius 2 is 1.95 bits per heavy atom. The first-order chi connectivity index (χ1) is 10.3. The number of hydrogen-bond acceptors (Lipinski definition) is 4. The van der Waals surface area contributed by atoms with Crippen molar-refractivity contribution in [2.75, 3.05) is 13.7 Å². The molecule has 0 aliphatic carbocycles. The van der Waals surface area contributed by atoms with Gasteiger partial charge in [-0.2, -0.15) is 0 Å². The maximum Gasteiger partial charge on any atom is 0.175 e. The second-order valence-electron chi connectivity index (χ2n) is 5.30. The molecule has 0 unspecified atom stereocenters. The fourth-order valence-electron chi connectivity index (χ4n) is 2.60. The van der Waals surface area contributed by atoms with Crippen LogP contribution in [0.2, 0.25) is 0 Å². The molecule has 0 saturated heterocycles. The molecule has 4 nitrogen and oxygen atoms in total. The van der Waals surface area contributed by atoms with E-state index in [2.05, 4.69) is 11.1 Å². The summed E-state index contributed by atoms with van der Waals surface area (Å²) in [5.74, 6) is 0.906. The van der Waals surface area contributed by atoms with Gasteiger partial charge in [0, 0.05) is 25.5 Å². The molecule has 0 N–H and O–H groups in total. The van der Waals surface area contributed by atoms with Gasteiger partial charge in [0.05, 0.1) is 5.69 Å². The molecule has 0 fully saturated rings. The van der Waals surface area contributed by atoms with Crippen molar-refractivity contribution in [2.24, 2.45) is 0 Å². The summed E-state index contributed by atoms with van der Waals surface area (Å²) in [4.78, 5) is 9.28. The second kappa shape index (κ2) is 6.22. The Labute approximate surface area is 124 Å². The molecule has 0 saturated carbocycles. The molecule has 0 aliphatic rings. The number of unbranched alkanes of at least 4 members (excludes halogenated alkanes) is 2. The van der Waals surface area contributed by atoms with E-state index >= 15 is 0 Å². The standard InChI is InChI=1S/C17H20N2O2/c1-12-17-16(13-8-5-6-9-14(13)21-17)19-15(18-12)10-4-3-7-11-20-2/h5-6,8-9H,3-4,7,10-11H2,1-2H3. The highest BCUT2D eigenvalue weighted by Gasteiger charge is 2.12. The Balaban J connectivity index is 1.85. The van der Waals surface area contributed by atoms with Gasteiger partial charge in [0.15, 0.2) is 5.58 Å². The summed E-state index contributed by atoms with van der Waals surface area (Å²) < 4.78 is 10.9. The summed E-state index contributed by atoms with van der Waals surface area (Å²) >= 11 is 0. The molecular formula is C17H20N2O2. The molecule has 0 bridgehead atoms. The molecule has 3 rings (SSSR count). The summed E-state index contributed by atoms with van der Waals surface area (Å²) in [6.07, 6.45) is 4.22. The first-order valence-electron chi connectivity index (χ1n) is 7.43. The van der Waals surface area contributed by atoms with E-state index in [1.807, 2.05) is 25.1 Å². The van der Waals surface area contributed by atoms with Crippen LogP contribution >= 0.6 is 0 Å². The summed E-state index contributed by atoms with van der Waals surface area (Å²) in [5.41, 5.74) is 3.54. The molecule has 0 amide bonds. The number of benzene rings is 1. The number of para-hydroxylation sites is 1. The van der Waals surface area contributed by atoms with Crippen molar-refractivity contribution in [3.8, 4) is 0 Å². The van der Waals surface area contributed by atoms with Gasteiger partial charge in [0.2, 0.25) is 0 Å². The third kappa shape index (κ3) is 2.90. The number of rotatable bonds is 6. The van der Waals surface area contributed by atoms with Gasteiger partial charge < -0.3 is 9.15 Å². The van der Waals surface area contributed by atoms with Crippen LogP contribution in [0, 0.1) is 6.92 Å². The largest absolute Gasteiger partial charge is 0.452 e. The maximum atomic E-state index is 5.85. The van der Waals surface area contributed by atoms with E-state index in [1.165, 1.54) is 0 Å². The molecule has 0 radical (unpaired) electrons. The lowest BCUT2D eigenvalue weighted by Gasteiger charge is -2.02. The van der Waals surface area contributed by atoms with E-state index in [1.54, 1.807) is 7.11 Å². The molecule has 0 spiro atoms. The van der Waals surface area contributed by atoms with Crippen molar-refractivity contribution in [1.82, 2.24) is 9.97 Å². The normalized spacial score (nSPS) is 11.5. The molecule has 0 atom stereocenters. The summed E-state index contributed by atoms with van der Waals surface area (Å²) in [6.45, 7) is 2.81. The Morgan fingerprint density at radius 1 is 1.10 bits per heavy atom. The van der Waals surface area contributed by atoms with Crippen molar-refractivity contribution in [3.05, 3.63) is 35.8 Å². The Bertz CT molecular complexity index is 749. The third-order valence-corrected chi connectivity index (χ3v) is 3.68. The first-order valence-corrected chi connectivity index (χ1v) is 7.43. The van der Waals surface area contributed by atoms with Crippen LogP contribution in [0.25, 0.3) is 22.1 Å². The fraction of sp³-hybridized carbons (Fsp3) is 0.412. The summed E-state index contributed by atoms with van der Waals surface area (Å²) in [6, 6.07) is 8.01. The number of hydrogen-bond donors (Lipinski definition) is 0. The topological polar surface area (TPSA) is 48.2 Å². The fourth-order valence-corrected chi connectivity index (χ4v) is 2.60. The number of methoxy groups -OCH3 is 1. The second-order valence-corrected chi connectivity index (χ2v) is 5.30. The van der Waals surface area contributed by atoms with E-state index < -0.39 is 0 Å². The van der Waals surface area contributed by atoms with Crippen molar-refractivity contribution in [1.29, 1.82) is 0 Å². The molecule has 1 aromatic carbocycles. The van der Waals surface area contributed by atoms with Gasteiger partial charge >= 0.3 is 0 Å². The van der Waals surface area contributed by atoms with Crippen LogP contribution in [-0.2, 0) is 11.2 Å². The van der Waals surface area contributed by atoms with Crippen LogP contribution in [0.5, 0.6) is 0 Å². The predicted molar refractivity (Wildman–Crippen MR) is 83.5 cm³/mol. The number of aromatic nitrogens is 2. The van der Waals surface area contributed by atoms with Gasteiger partial charge in [0.1, 0.15) is 16.9 Å². The minimum Gasteiger partial charge on any atom is -0.452 e. The number of aryl methyl sites for hydroxylation is 2. The maximum absolute atomic E-state index is 5.85. The monoisotopic (exact) mass is 284 g/mol. The zero-order chi connectivity index (χ0) is 14.7. The quantitative estimate of drug-likeness (QED) is 0.641. The van der Waals surface area contributed by atoms with E-state index in [0.29, 0.717) is 0 Å². The summed E-state index contributed by atoms with van der Waals surface area (Å²) in [5, 5.41) is 1.07. The van der Waals surface area contributed by atoms with Crippen LogP contribution in [0.15, 0.2) is 28.7 Å². The van der Waals surface area contributed by atoms with E-state index in [0.717, 1.165) is 65.9 Å². The molecule has 21 heavy (non-hydrogen) atoms. The zero-order valence-corrected chi connectivity index (χ0v) is 12.6. The van der Waals surface area contributed by atoms with Gasteiger partial charge in [-0.15, -0.1) is 0 Å². The minimum atomic E-state index is 0.805. The first kappa shape index (κ1) is 14.0. The molecular weight excluding hydrogens is 264 g/mol. The van der Waals surface area contributed by atoms with Crippen molar-refractivity contribution in [3.63, 3.8) is 0 Å². The van der Waals surface area contributed by atoms with Crippen LogP contribution in [0.4, 0.5) is 0 Å². The number of nitrogens with zero attached hydrogens (tertiary/aromatic N) is 2. The molecule has 2 aromatic heterocycles. The number of fused-ring (bicyclic) bond motifs is 3. The lowest BCUT2D eigenvalue weighted by atomic mass is 10.2. The van der Waals surface area contributed by atoms with Crippen LogP contribution in [-0.4, -0.2) is 23.7 Å². The number of ether oxygens (including phenoxy) is 1. The van der Waals surface area contributed by atoms with Crippen molar-refractivity contribution < 1.29 is 9.15 Å². The minimum absolute atomic E-state index is 0.805. The SMILES string of the molecule is COCCCCCc1nc(C)c2oc3ccccc3c2n1. The van der Waals surface area contributed by atoms with Gasteiger partial charge in [-0.1, -0.05) is 18.6 Å². The molecule has 110 valence electrons. The van der Waals surface area contributed by atoms with Crippen LogP contribution in [0.1, 0.15) is 30.8 Å². The van der Waals surface area contributed by atoms with E-state index in [9.17, 15) is 0 Å². The van der Waals surface area contributed by atoms with Crippen LogP contribution < -0.4 is 0 Å². The zero-order valence-electron chi connectivity index (χ0n) is 12.6.